The van der Waals surface area contributed by atoms with E-state index in [2.05, 4.69) is 20.6 Å². The molecule has 0 atom stereocenters. The van der Waals surface area contributed by atoms with E-state index in [-0.39, 0.29) is 5.69 Å². The molecule has 0 aliphatic heterocycles. The van der Waals surface area contributed by atoms with Crippen LogP contribution in [0.5, 0.6) is 0 Å². The van der Waals surface area contributed by atoms with Crippen molar-refractivity contribution in [1.82, 2.24) is 9.97 Å². The molecule has 1 aromatic heterocycles. The largest absolute Gasteiger partial charge is 0.350 e. The summed E-state index contributed by atoms with van der Waals surface area (Å²) in [6.45, 7) is 2.58. The van der Waals surface area contributed by atoms with Gasteiger partial charge in [-0.25, -0.2) is 14.4 Å². The zero-order valence-corrected chi connectivity index (χ0v) is 13.7. The molecular weight excluding hydrogens is 319 g/mol. The summed E-state index contributed by atoms with van der Waals surface area (Å²) in [4.78, 5) is 20.5. The number of anilines is 2. The van der Waals surface area contributed by atoms with Gasteiger partial charge in [0.25, 0.3) is 5.91 Å². The quantitative estimate of drug-likeness (QED) is 0.744. The van der Waals surface area contributed by atoms with Crippen molar-refractivity contribution in [2.24, 2.45) is 0 Å². The maximum Gasteiger partial charge on any atom is 0.274 e. The first kappa shape index (κ1) is 16.6. The maximum absolute atomic E-state index is 13.2. The molecule has 0 bridgehead atoms. The Hall–Kier alpha value is -3.28. The van der Waals surface area contributed by atoms with E-state index in [1.54, 1.807) is 6.07 Å². The molecule has 2 aromatic carbocycles. The molecule has 0 saturated heterocycles. The number of hydrogen-bond donors (Lipinski definition) is 2. The Morgan fingerprint density at radius 1 is 1.12 bits per heavy atom. The van der Waals surface area contributed by atoms with Crippen LogP contribution in [0.4, 0.5) is 16.0 Å². The van der Waals surface area contributed by atoms with Crippen LogP contribution in [0.15, 0.2) is 60.8 Å². The topological polar surface area (TPSA) is 66.9 Å². The molecule has 0 saturated carbocycles. The van der Waals surface area contributed by atoms with Crippen molar-refractivity contribution >= 4 is 17.5 Å². The summed E-state index contributed by atoms with van der Waals surface area (Å²) in [5.74, 6) is -0.486. The summed E-state index contributed by atoms with van der Waals surface area (Å²) in [5, 5.41) is 5.70. The molecular formula is C19H17FN4O. The highest BCUT2D eigenvalue weighted by molar-refractivity contribution is 6.02. The summed E-state index contributed by atoms with van der Waals surface area (Å²) in [7, 11) is 0. The Kier molecular flexibility index (Phi) is 4.99. The maximum atomic E-state index is 13.2. The highest BCUT2D eigenvalue weighted by Crippen LogP contribution is 2.11. The van der Waals surface area contributed by atoms with Crippen LogP contribution >= 0.6 is 0 Å². The minimum atomic E-state index is -0.425. The van der Waals surface area contributed by atoms with Gasteiger partial charge in [-0.1, -0.05) is 35.9 Å². The normalized spacial score (nSPS) is 10.3. The molecule has 5 nitrogen and oxygen atoms in total. The number of carbonyl (C=O) groups is 1. The van der Waals surface area contributed by atoms with E-state index < -0.39 is 11.7 Å². The Morgan fingerprint density at radius 2 is 1.92 bits per heavy atom. The number of hydrogen-bond acceptors (Lipinski definition) is 4. The molecule has 25 heavy (non-hydrogen) atoms. The Balaban J connectivity index is 1.66. The van der Waals surface area contributed by atoms with E-state index in [0.29, 0.717) is 18.2 Å². The SMILES string of the molecule is Cc1ccc(CNc2nccc(C(=O)Nc3cccc(F)c3)n2)cc1. The molecule has 0 fully saturated rings. The molecule has 6 heteroatoms. The predicted molar refractivity (Wildman–Crippen MR) is 94.9 cm³/mol. The Bertz CT molecular complexity index is 881. The number of benzene rings is 2. The molecule has 0 spiro atoms. The van der Waals surface area contributed by atoms with Gasteiger partial charge in [0.2, 0.25) is 5.95 Å². The van der Waals surface area contributed by atoms with Crippen LogP contribution in [0.1, 0.15) is 21.6 Å². The monoisotopic (exact) mass is 336 g/mol. The number of nitrogens with one attached hydrogen (secondary N) is 2. The highest BCUT2D eigenvalue weighted by atomic mass is 19.1. The number of rotatable bonds is 5. The third-order valence-electron chi connectivity index (χ3n) is 3.54. The molecule has 2 N–H and O–H groups in total. The van der Waals surface area contributed by atoms with Crippen molar-refractivity contribution in [2.45, 2.75) is 13.5 Å². The van der Waals surface area contributed by atoms with E-state index in [1.165, 1.54) is 36.0 Å². The average molecular weight is 336 g/mol. The van der Waals surface area contributed by atoms with Crippen LogP contribution in [0.25, 0.3) is 0 Å². The van der Waals surface area contributed by atoms with Crippen molar-refractivity contribution < 1.29 is 9.18 Å². The van der Waals surface area contributed by atoms with Crippen LogP contribution in [-0.2, 0) is 6.54 Å². The number of aryl methyl sites for hydroxylation is 1. The lowest BCUT2D eigenvalue weighted by molar-refractivity contribution is 0.102. The van der Waals surface area contributed by atoms with Gasteiger partial charge in [0, 0.05) is 18.4 Å². The summed E-state index contributed by atoms with van der Waals surface area (Å²) >= 11 is 0. The fourth-order valence-electron chi connectivity index (χ4n) is 2.22. The number of halogens is 1. The molecule has 126 valence electrons. The zero-order chi connectivity index (χ0) is 17.6. The van der Waals surface area contributed by atoms with E-state index in [9.17, 15) is 9.18 Å². The third kappa shape index (κ3) is 4.60. The lowest BCUT2D eigenvalue weighted by Gasteiger charge is -2.08. The molecule has 1 amide bonds. The third-order valence-corrected chi connectivity index (χ3v) is 3.54. The van der Waals surface area contributed by atoms with Crippen LogP contribution < -0.4 is 10.6 Å². The first-order valence-electron chi connectivity index (χ1n) is 7.79. The van der Waals surface area contributed by atoms with Crippen LogP contribution in [0.3, 0.4) is 0 Å². The van der Waals surface area contributed by atoms with Crippen molar-refractivity contribution in [3.05, 3.63) is 83.4 Å². The zero-order valence-electron chi connectivity index (χ0n) is 13.7. The molecule has 1 heterocycles. The number of carbonyl (C=O) groups excluding carboxylic acids is 1. The van der Waals surface area contributed by atoms with Gasteiger partial charge in [0.1, 0.15) is 11.5 Å². The first-order valence-corrected chi connectivity index (χ1v) is 7.79. The standard InChI is InChI=1S/C19H17FN4O/c1-13-5-7-14(8-6-13)12-22-19-21-10-9-17(24-19)18(25)23-16-4-2-3-15(20)11-16/h2-11H,12H2,1H3,(H,23,25)(H,21,22,24). The van der Waals surface area contributed by atoms with Gasteiger partial charge >= 0.3 is 0 Å². The van der Waals surface area contributed by atoms with Crippen molar-refractivity contribution in [1.29, 1.82) is 0 Å². The molecule has 3 aromatic rings. The smallest absolute Gasteiger partial charge is 0.274 e. The van der Waals surface area contributed by atoms with E-state index in [1.807, 2.05) is 31.2 Å². The fourth-order valence-corrected chi connectivity index (χ4v) is 2.22. The van der Waals surface area contributed by atoms with Crippen LogP contribution in [-0.4, -0.2) is 15.9 Å². The van der Waals surface area contributed by atoms with E-state index in [0.717, 1.165) is 5.56 Å². The van der Waals surface area contributed by atoms with Crippen LogP contribution in [0.2, 0.25) is 0 Å². The average Bonchev–Trinajstić information content (AvgIpc) is 2.61. The second kappa shape index (κ2) is 7.53. The first-order chi connectivity index (χ1) is 12.1. The lowest BCUT2D eigenvalue weighted by atomic mass is 10.1. The molecule has 3 rings (SSSR count). The summed E-state index contributed by atoms with van der Waals surface area (Å²) < 4.78 is 13.2. The van der Waals surface area contributed by atoms with Gasteiger partial charge in [-0.2, -0.15) is 0 Å². The lowest BCUT2D eigenvalue weighted by Crippen LogP contribution is -2.15. The minimum Gasteiger partial charge on any atom is -0.350 e. The Morgan fingerprint density at radius 3 is 2.68 bits per heavy atom. The van der Waals surface area contributed by atoms with Gasteiger partial charge in [0.05, 0.1) is 0 Å². The molecule has 0 aliphatic rings. The van der Waals surface area contributed by atoms with E-state index in [4.69, 9.17) is 0 Å². The second-order valence-electron chi connectivity index (χ2n) is 5.57. The summed E-state index contributed by atoms with van der Waals surface area (Å²) in [6, 6.07) is 15.3. The van der Waals surface area contributed by atoms with Gasteiger partial charge < -0.3 is 10.6 Å². The second-order valence-corrected chi connectivity index (χ2v) is 5.57. The van der Waals surface area contributed by atoms with Gasteiger partial charge in [-0.05, 0) is 36.8 Å². The fraction of sp³-hybridized carbons (Fsp3) is 0.105. The van der Waals surface area contributed by atoms with E-state index >= 15 is 0 Å². The number of nitrogens with zero attached hydrogens (tertiary/aromatic N) is 2. The molecule has 0 aliphatic carbocycles. The Labute approximate surface area is 145 Å². The van der Waals surface area contributed by atoms with Crippen LogP contribution in [0, 0.1) is 12.7 Å². The number of amides is 1. The van der Waals surface area contributed by atoms with Gasteiger partial charge in [-0.15, -0.1) is 0 Å². The predicted octanol–water partition coefficient (Wildman–Crippen LogP) is 3.79. The van der Waals surface area contributed by atoms with Crippen molar-refractivity contribution in [3.8, 4) is 0 Å². The minimum absolute atomic E-state index is 0.200. The molecule has 0 radical (unpaired) electrons. The van der Waals surface area contributed by atoms with Crippen molar-refractivity contribution in [2.75, 3.05) is 10.6 Å². The summed E-state index contributed by atoms with van der Waals surface area (Å²) in [6.07, 6.45) is 1.50. The molecule has 0 unspecified atom stereocenters. The van der Waals surface area contributed by atoms with Gasteiger partial charge in [-0.3, -0.25) is 4.79 Å². The van der Waals surface area contributed by atoms with Crippen molar-refractivity contribution in [3.63, 3.8) is 0 Å². The highest BCUT2D eigenvalue weighted by Gasteiger charge is 2.09. The number of aromatic nitrogens is 2. The summed E-state index contributed by atoms with van der Waals surface area (Å²) in [5.41, 5.74) is 2.85. The van der Waals surface area contributed by atoms with Gasteiger partial charge in [0.15, 0.2) is 0 Å².